The van der Waals surface area contributed by atoms with Crippen LogP contribution in [0.3, 0.4) is 0 Å². The van der Waals surface area contributed by atoms with Crippen molar-refractivity contribution in [3.63, 3.8) is 0 Å². The van der Waals surface area contributed by atoms with E-state index in [1.165, 1.54) is 9.80 Å². The number of para-hydroxylation sites is 1. The van der Waals surface area contributed by atoms with Crippen LogP contribution in [0, 0.1) is 0 Å². The SMILES string of the molecule is C=CCN1C(=O)/C(=C\c2ccc(OC)cc2)C(=O)N(c2ccccc2)C1=S. The van der Waals surface area contributed by atoms with Crippen LogP contribution >= 0.6 is 12.2 Å². The second kappa shape index (κ2) is 7.97. The lowest BCUT2D eigenvalue weighted by atomic mass is 10.1. The van der Waals surface area contributed by atoms with E-state index in [0.29, 0.717) is 17.0 Å². The summed E-state index contributed by atoms with van der Waals surface area (Å²) in [5.74, 6) is -0.195. The molecule has 0 unspecified atom stereocenters. The Morgan fingerprint density at radius 2 is 1.70 bits per heavy atom. The Hall–Kier alpha value is -3.25. The molecule has 0 bridgehead atoms. The molecule has 1 fully saturated rings. The monoisotopic (exact) mass is 378 g/mol. The van der Waals surface area contributed by atoms with E-state index in [0.717, 1.165) is 0 Å². The number of thiocarbonyl (C=S) groups is 1. The molecular formula is C21H18N2O3S. The number of amides is 2. The number of rotatable bonds is 5. The van der Waals surface area contributed by atoms with Crippen molar-refractivity contribution < 1.29 is 14.3 Å². The molecule has 27 heavy (non-hydrogen) atoms. The van der Waals surface area contributed by atoms with E-state index in [2.05, 4.69) is 6.58 Å². The number of anilines is 1. The van der Waals surface area contributed by atoms with Crippen LogP contribution in [0.2, 0.25) is 0 Å². The molecule has 0 spiro atoms. The number of ether oxygens (including phenoxy) is 1. The molecule has 3 rings (SSSR count). The molecule has 1 aliphatic heterocycles. The Kier molecular flexibility index (Phi) is 5.47. The van der Waals surface area contributed by atoms with Gasteiger partial charge in [0.05, 0.1) is 12.8 Å². The van der Waals surface area contributed by atoms with Crippen LogP contribution in [0.5, 0.6) is 5.75 Å². The lowest BCUT2D eigenvalue weighted by Gasteiger charge is -2.36. The van der Waals surface area contributed by atoms with E-state index in [-0.39, 0.29) is 17.2 Å². The van der Waals surface area contributed by atoms with Gasteiger partial charge in [-0.05, 0) is 48.1 Å². The third-order valence-corrected chi connectivity index (χ3v) is 4.49. The van der Waals surface area contributed by atoms with E-state index in [4.69, 9.17) is 17.0 Å². The maximum atomic E-state index is 13.1. The van der Waals surface area contributed by atoms with E-state index in [9.17, 15) is 9.59 Å². The molecule has 1 heterocycles. The summed E-state index contributed by atoms with van der Waals surface area (Å²) < 4.78 is 5.14. The van der Waals surface area contributed by atoms with Gasteiger partial charge >= 0.3 is 0 Å². The summed E-state index contributed by atoms with van der Waals surface area (Å²) in [5, 5.41) is 0.142. The Balaban J connectivity index is 2.06. The summed E-state index contributed by atoms with van der Waals surface area (Å²) in [4.78, 5) is 28.7. The van der Waals surface area contributed by atoms with E-state index in [1.54, 1.807) is 55.7 Å². The van der Waals surface area contributed by atoms with Crippen molar-refractivity contribution in [2.45, 2.75) is 0 Å². The maximum absolute atomic E-state index is 13.1. The van der Waals surface area contributed by atoms with Gasteiger partial charge in [0.25, 0.3) is 11.8 Å². The van der Waals surface area contributed by atoms with Gasteiger partial charge in [-0.2, -0.15) is 0 Å². The minimum atomic E-state index is -0.452. The molecule has 2 aromatic rings. The molecule has 1 aliphatic rings. The zero-order chi connectivity index (χ0) is 19.4. The Morgan fingerprint density at radius 1 is 1.04 bits per heavy atom. The van der Waals surface area contributed by atoms with Gasteiger partial charge in [0.1, 0.15) is 11.3 Å². The lowest BCUT2D eigenvalue weighted by Crippen LogP contribution is -2.56. The molecule has 2 amide bonds. The molecule has 6 heteroatoms. The Morgan fingerprint density at radius 3 is 2.30 bits per heavy atom. The Bertz CT molecular complexity index is 920. The standard InChI is InChI=1S/C21H18N2O3S/c1-3-13-22-19(24)18(14-15-9-11-17(26-2)12-10-15)20(25)23(21(22)27)16-7-5-4-6-8-16/h3-12,14H,1,13H2,2H3/b18-14+. The van der Waals surface area contributed by atoms with Gasteiger partial charge in [0.2, 0.25) is 0 Å². The van der Waals surface area contributed by atoms with Crippen LogP contribution in [0.4, 0.5) is 5.69 Å². The van der Waals surface area contributed by atoms with Gasteiger partial charge in [0.15, 0.2) is 5.11 Å². The first-order chi connectivity index (χ1) is 13.1. The predicted molar refractivity (Wildman–Crippen MR) is 109 cm³/mol. The summed E-state index contributed by atoms with van der Waals surface area (Å²) in [6.07, 6.45) is 3.14. The molecule has 0 atom stereocenters. The van der Waals surface area contributed by atoms with Crippen molar-refractivity contribution >= 4 is 40.9 Å². The molecule has 0 radical (unpaired) electrons. The zero-order valence-corrected chi connectivity index (χ0v) is 15.6. The average molecular weight is 378 g/mol. The van der Waals surface area contributed by atoms with Crippen LogP contribution in [0.1, 0.15) is 5.56 Å². The van der Waals surface area contributed by atoms with Crippen molar-refractivity contribution in [3.8, 4) is 5.75 Å². The number of benzene rings is 2. The van der Waals surface area contributed by atoms with Gasteiger partial charge in [-0.1, -0.05) is 36.4 Å². The smallest absolute Gasteiger partial charge is 0.270 e. The highest BCUT2D eigenvalue weighted by molar-refractivity contribution is 7.80. The first-order valence-corrected chi connectivity index (χ1v) is 8.69. The van der Waals surface area contributed by atoms with Gasteiger partial charge in [-0.25, -0.2) is 0 Å². The van der Waals surface area contributed by atoms with Crippen molar-refractivity contribution in [1.29, 1.82) is 0 Å². The first-order valence-electron chi connectivity index (χ1n) is 8.28. The maximum Gasteiger partial charge on any atom is 0.270 e. The van der Waals surface area contributed by atoms with Crippen molar-refractivity contribution in [1.82, 2.24) is 4.90 Å². The molecule has 0 aliphatic carbocycles. The van der Waals surface area contributed by atoms with E-state index < -0.39 is 11.8 Å². The summed E-state index contributed by atoms with van der Waals surface area (Å²) in [6, 6.07) is 16.1. The van der Waals surface area contributed by atoms with Crippen LogP contribution in [0.25, 0.3) is 6.08 Å². The van der Waals surface area contributed by atoms with Crippen LogP contribution in [-0.2, 0) is 9.59 Å². The number of carbonyl (C=O) groups is 2. The van der Waals surface area contributed by atoms with Crippen molar-refractivity contribution in [2.75, 3.05) is 18.6 Å². The third-order valence-electron chi connectivity index (χ3n) is 4.08. The van der Waals surface area contributed by atoms with E-state index in [1.807, 2.05) is 18.2 Å². The summed E-state index contributed by atoms with van der Waals surface area (Å²) >= 11 is 5.42. The molecule has 136 valence electrons. The number of nitrogens with zero attached hydrogens (tertiary/aromatic N) is 2. The van der Waals surface area contributed by atoms with Crippen LogP contribution < -0.4 is 9.64 Å². The van der Waals surface area contributed by atoms with Gasteiger partial charge in [0, 0.05) is 6.54 Å². The highest BCUT2D eigenvalue weighted by atomic mass is 32.1. The van der Waals surface area contributed by atoms with Gasteiger partial charge < -0.3 is 4.74 Å². The normalized spacial score (nSPS) is 16.0. The van der Waals surface area contributed by atoms with Crippen LogP contribution in [0.15, 0.2) is 72.8 Å². The second-order valence-corrected chi connectivity index (χ2v) is 6.16. The highest BCUT2D eigenvalue weighted by Gasteiger charge is 2.39. The summed E-state index contributed by atoms with van der Waals surface area (Å²) in [7, 11) is 1.58. The minimum absolute atomic E-state index is 0.0412. The quantitative estimate of drug-likeness (QED) is 0.346. The lowest BCUT2D eigenvalue weighted by molar-refractivity contribution is -0.127. The second-order valence-electron chi connectivity index (χ2n) is 5.79. The van der Waals surface area contributed by atoms with Crippen LogP contribution in [-0.4, -0.2) is 35.5 Å². The minimum Gasteiger partial charge on any atom is -0.497 e. The molecule has 0 saturated carbocycles. The number of methoxy groups -OCH3 is 1. The molecule has 0 aromatic heterocycles. The summed E-state index contributed by atoms with van der Waals surface area (Å²) in [5.41, 5.74) is 1.36. The molecular weight excluding hydrogens is 360 g/mol. The Labute approximate surface area is 163 Å². The molecule has 0 N–H and O–H groups in total. The molecule has 2 aromatic carbocycles. The number of hydrogen-bond acceptors (Lipinski definition) is 4. The summed E-state index contributed by atoms with van der Waals surface area (Å²) in [6.45, 7) is 3.89. The third kappa shape index (κ3) is 3.66. The van der Waals surface area contributed by atoms with E-state index >= 15 is 0 Å². The van der Waals surface area contributed by atoms with Gasteiger partial charge in [-0.3, -0.25) is 19.4 Å². The zero-order valence-electron chi connectivity index (χ0n) is 14.8. The average Bonchev–Trinajstić information content (AvgIpc) is 2.70. The number of carbonyl (C=O) groups excluding carboxylic acids is 2. The van der Waals surface area contributed by atoms with Crippen molar-refractivity contribution in [2.24, 2.45) is 0 Å². The fraction of sp³-hybridized carbons (Fsp3) is 0.0952. The topological polar surface area (TPSA) is 49.9 Å². The predicted octanol–water partition coefficient (Wildman–Crippen LogP) is 3.42. The van der Waals surface area contributed by atoms with Gasteiger partial charge in [-0.15, -0.1) is 6.58 Å². The fourth-order valence-corrected chi connectivity index (χ4v) is 3.08. The van der Waals surface area contributed by atoms with Crippen molar-refractivity contribution in [3.05, 3.63) is 78.4 Å². The molecule has 5 nitrogen and oxygen atoms in total. The molecule has 1 saturated heterocycles. The number of hydrogen-bond donors (Lipinski definition) is 0. The fourth-order valence-electron chi connectivity index (χ4n) is 2.74. The first kappa shape index (κ1) is 18.5. The largest absolute Gasteiger partial charge is 0.497 e. The highest BCUT2D eigenvalue weighted by Crippen LogP contribution is 2.26.